The molecule has 0 aromatic heterocycles. The fourth-order valence-corrected chi connectivity index (χ4v) is 4.25. The molecule has 0 aromatic carbocycles. The predicted molar refractivity (Wildman–Crippen MR) is 92.7 cm³/mol. The molecule has 1 unspecified atom stereocenters. The van der Waals surface area contributed by atoms with Gasteiger partial charge in [0, 0.05) is 13.1 Å². The molecule has 1 atom stereocenters. The molecule has 0 bridgehead atoms. The van der Waals surface area contributed by atoms with E-state index in [0.717, 1.165) is 11.8 Å². The van der Waals surface area contributed by atoms with Crippen molar-refractivity contribution in [2.45, 2.75) is 72.1 Å². The summed E-state index contributed by atoms with van der Waals surface area (Å²) in [6.07, 6.45) is 11.3. The molecule has 0 aromatic rings. The maximum Gasteiger partial charge on any atom is 0.00501 e. The van der Waals surface area contributed by atoms with E-state index in [1.165, 1.54) is 84.1 Å². The van der Waals surface area contributed by atoms with Crippen molar-refractivity contribution in [3.8, 4) is 0 Å². The van der Waals surface area contributed by atoms with Crippen LogP contribution in [0.25, 0.3) is 0 Å². The molecule has 1 aliphatic heterocycles. The van der Waals surface area contributed by atoms with Gasteiger partial charge in [-0.05, 0) is 75.4 Å². The van der Waals surface area contributed by atoms with Gasteiger partial charge in [0.05, 0.1) is 0 Å². The number of nitrogens with one attached hydrogen (secondary N) is 1. The van der Waals surface area contributed by atoms with E-state index in [2.05, 4.69) is 31.0 Å². The molecule has 2 nitrogen and oxygen atoms in total. The lowest BCUT2D eigenvalue weighted by Crippen LogP contribution is -2.46. The first-order chi connectivity index (χ1) is 10.1. The fourth-order valence-electron chi connectivity index (χ4n) is 4.25. The molecule has 2 rings (SSSR count). The Hall–Kier alpha value is -0.0800. The van der Waals surface area contributed by atoms with Crippen molar-refractivity contribution in [3.63, 3.8) is 0 Å². The molecular formula is C19H38N2. The van der Waals surface area contributed by atoms with E-state index in [-0.39, 0.29) is 0 Å². The normalized spacial score (nSPS) is 35.6. The van der Waals surface area contributed by atoms with E-state index >= 15 is 0 Å². The average molecular weight is 295 g/mol. The first-order valence-corrected chi connectivity index (χ1v) is 9.56. The molecule has 0 amide bonds. The van der Waals surface area contributed by atoms with Gasteiger partial charge in [-0.3, -0.25) is 0 Å². The van der Waals surface area contributed by atoms with Gasteiger partial charge in [-0.15, -0.1) is 0 Å². The van der Waals surface area contributed by atoms with Crippen LogP contribution in [0.4, 0.5) is 0 Å². The van der Waals surface area contributed by atoms with E-state index in [0.29, 0.717) is 5.41 Å². The molecule has 1 saturated heterocycles. The SMILES string of the molecule is CCCNCC1(CN2CCCC(C)CC2)CCC(C)CC1. The van der Waals surface area contributed by atoms with E-state index < -0.39 is 0 Å². The number of hydrogen-bond acceptors (Lipinski definition) is 2. The van der Waals surface area contributed by atoms with Crippen molar-refractivity contribution in [1.29, 1.82) is 0 Å². The van der Waals surface area contributed by atoms with Crippen LogP contribution in [0.5, 0.6) is 0 Å². The molecule has 1 heterocycles. The summed E-state index contributed by atoms with van der Waals surface area (Å²) in [4.78, 5) is 2.80. The Morgan fingerprint density at radius 1 is 1.00 bits per heavy atom. The molecule has 2 aliphatic rings. The van der Waals surface area contributed by atoms with Crippen LogP contribution in [0.2, 0.25) is 0 Å². The van der Waals surface area contributed by atoms with Gasteiger partial charge >= 0.3 is 0 Å². The summed E-state index contributed by atoms with van der Waals surface area (Å²) in [5, 5.41) is 3.75. The minimum Gasteiger partial charge on any atom is -0.316 e. The van der Waals surface area contributed by atoms with Crippen LogP contribution in [0, 0.1) is 17.3 Å². The Morgan fingerprint density at radius 3 is 2.43 bits per heavy atom. The molecule has 124 valence electrons. The van der Waals surface area contributed by atoms with Gasteiger partial charge in [0.2, 0.25) is 0 Å². The lowest BCUT2D eigenvalue weighted by Gasteiger charge is -2.43. The summed E-state index contributed by atoms with van der Waals surface area (Å²) in [5.41, 5.74) is 0.565. The third-order valence-corrected chi connectivity index (χ3v) is 5.93. The number of rotatable bonds is 6. The molecule has 1 N–H and O–H groups in total. The van der Waals surface area contributed by atoms with E-state index in [4.69, 9.17) is 0 Å². The van der Waals surface area contributed by atoms with Crippen molar-refractivity contribution in [2.24, 2.45) is 17.3 Å². The summed E-state index contributed by atoms with van der Waals surface area (Å²) in [6.45, 7) is 13.6. The zero-order chi connectivity index (χ0) is 15.1. The third-order valence-electron chi connectivity index (χ3n) is 5.93. The summed E-state index contributed by atoms with van der Waals surface area (Å²) < 4.78 is 0. The van der Waals surface area contributed by atoms with Crippen molar-refractivity contribution in [2.75, 3.05) is 32.7 Å². The van der Waals surface area contributed by atoms with Gasteiger partial charge in [0.1, 0.15) is 0 Å². The van der Waals surface area contributed by atoms with E-state index in [1.54, 1.807) is 0 Å². The lowest BCUT2D eigenvalue weighted by molar-refractivity contribution is 0.0876. The Morgan fingerprint density at radius 2 is 1.71 bits per heavy atom. The molecule has 1 saturated carbocycles. The average Bonchev–Trinajstić information content (AvgIpc) is 2.67. The van der Waals surface area contributed by atoms with Crippen LogP contribution < -0.4 is 5.32 Å². The fraction of sp³-hybridized carbons (Fsp3) is 1.00. The van der Waals surface area contributed by atoms with Crippen LogP contribution >= 0.6 is 0 Å². The second-order valence-electron chi connectivity index (χ2n) is 8.17. The van der Waals surface area contributed by atoms with Crippen LogP contribution in [-0.4, -0.2) is 37.6 Å². The summed E-state index contributed by atoms with van der Waals surface area (Å²) >= 11 is 0. The van der Waals surface area contributed by atoms with Gasteiger partial charge in [0.25, 0.3) is 0 Å². The zero-order valence-corrected chi connectivity index (χ0v) is 14.8. The summed E-state index contributed by atoms with van der Waals surface area (Å²) in [5.74, 6) is 1.89. The second kappa shape index (κ2) is 8.53. The molecule has 1 aliphatic carbocycles. The Labute approximate surface area is 133 Å². The van der Waals surface area contributed by atoms with Gasteiger partial charge in [0.15, 0.2) is 0 Å². The topological polar surface area (TPSA) is 15.3 Å². The Kier molecular flexibility index (Phi) is 7.01. The van der Waals surface area contributed by atoms with Gasteiger partial charge < -0.3 is 10.2 Å². The second-order valence-corrected chi connectivity index (χ2v) is 8.17. The molecule has 2 fully saturated rings. The van der Waals surface area contributed by atoms with Crippen molar-refractivity contribution < 1.29 is 0 Å². The van der Waals surface area contributed by atoms with Crippen molar-refractivity contribution in [3.05, 3.63) is 0 Å². The molecule has 0 spiro atoms. The van der Waals surface area contributed by atoms with Crippen LogP contribution in [0.3, 0.4) is 0 Å². The zero-order valence-electron chi connectivity index (χ0n) is 14.8. The lowest BCUT2D eigenvalue weighted by atomic mass is 9.70. The van der Waals surface area contributed by atoms with Gasteiger partial charge in [-0.2, -0.15) is 0 Å². The summed E-state index contributed by atoms with van der Waals surface area (Å²) in [6, 6.07) is 0. The van der Waals surface area contributed by atoms with Crippen molar-refractivity contribution >= 4 is 0 Å². The van der Waals surface area contributed by atoms with Crippen molar-refractivity contribution in [1.82, 2.24) is 10.2 Å². The minimum absolute atomic E-state index is 0.565. The highest BCUT2D eigenvalue weighted by molar-refractivity contribution is 4.90. The van der Waals surface area contributed by atoms with Gasteiger partial charge in [-0.25, -0.2) is 0 Å². The highest BCUT2D eigenvalue weighted by Gasteiger charge is 2.35. The quantitative estimate of drug-likeness (QED) is 0.735. The molecule has 0 radical (unpaired) electrons. The smallest absolute Gasteiger partial charge is 0.00501 e. The largest absolute Gasteiger partial charge is 0.316 e. The molecular weight excluding hydrogens is 256 g/mol. The maximum atomic E-state index is 3.75. The van der Waals surface area contributed by atoms with E-state index in [9.17, 15) is 0 Å². The Bertz CT molecular complexity index is 281. The number of likely N-dealkylation sites (tertiary alicyclic amines) is 1. The minimum atomic E-state index is 0.565. The summed E-state index contributed by atoms with van der Waals surface area (Å²) in [7, 11) is 0. The number of hydrogen-bond donors (Lipinski definition) is 1. The monoisotopic (exact) mass is 294 g/mol. The number of nitrogens with zero attached hydrogens (tertiary/aromatic N) is 1. The first kappa shape index (κ1) is 17.3. The predicted octanol–water partition coefficient (Wildman–Crippen LogP) is 4.30. The molecule has 2 heteroatoms. The van der Waals surface area contributed by atoms with Crippen LogP contribution in [-0.2, 0) is 0 Å². The highest BCUT2D eigenvalue weighted by atomic mass is 15.1. The highest BCUT2D eigenvalue weighted by Crippen LogP contribution is 2.39. The molecule has 21 heavy (non-hydrogen) atoms. The van der Waals surface area contributed by atoms with Crippen LogP contribution in [0.1, 0.15) is 72.1 Å². The van der Waals surface area contributed by atoms with Gasteiger partial charge in [-0.1, -0.05) is 33.6 Å². The van der Waals surface area contributed by atoms with Crippen LogP contribution in [0.15, 0.2) is 0 Å². The first-order valence-electron chi connectivity index (χ1n) is 9.56. The standard InChI is InChI=1S/C19H38N2/c1-4-12-20-15-19(10-7-18(3)8-11-19)16-21-13-5-6-17(2)9-14-21/h17-18,20H,4-16H2,1-3H3. The Balaban J connectivity index is 1.91. The maximum absolute atomic E-state index is 3.75. The third kappa shape index (κ3) is 5.56. The van der Waals surface area contributed by atoms with E-state index in [1.807, 2.05) is 0 Å².